The summed E-state index contributed by atoms with van der Waals surface area (Å²) in [5, 5.41) is 2.98. The Kier molecular flexibility index (Phi) is 4.47. The van der Waals surface area contributed by atoms with Crippen LogP contribution in [0.3, 0.4) is 0 Å². The normalized spacial score (nSPS) is 12.6. The summed E-state index contributed by atoms with van der Waals surface area (Å²) in [5.74, 6) is 0.633. The molecule has 0 spiro atoms. The Morgan fingerprint density at radius 1 is 1.26 bits per heavy atom. The fourth-order valence-electron chi connectivity index (χ4n) is 2.37. The number of para-hydroxylation sites is 2. The lowest BCUT2D eigenvalue weighted by atomic mass is 10.2. The van der Waals surface area contributed by atoms with E-state index in [4.69, 9.17) is 0 Å². The molecule has 0 unspecified atom stereocenters. The molecule has 0 saturated carbocycles. The zero-order chi connectivity index (χ0) is 16.1. The van der Waals surface area contributed by atoms with Crippen LogP contribution in [0.4, 0.5) is 0 Å². The van der Waals surface area contributed by atoms with Crippen molar-refractivity contribution in [2.24, 2.45) is 0 Å². The van der Waals surface area contributed by atoms with E-state index in [0.29, 0.717) is 0 Å². The summed E-state index contributed by atoms with van der Waals surface area (Å²) in [7, 11) is 0. The maximum atomic E-state index is 12.1. The Morgan fingerprint density at radius 3 is 2.78 bits per heavy atom. The van der Waals surface area contributed by atoms with Gasteiger partial charge in [-0.2, -0.15) is 0 Å². The molecule has 116 valence electrons. The van der Waals surface area contributed by atoms with Gasteiger partial charge in [-0.15, -0.1) is 0 Å². The molecule has 1 aromatic carbocycles. The van der Waals surface area contributed by atoms with E-state index < -0.39 is 0 Å². The third kappa shape index (κ3) is 3.63. The lowest BCUT2D eigenvalue weighted by Gasteiger charge is -2.12. The van der Waals surface area contributed by atoms with Crippen molar-refractivity contribution in [3.05, 3.63) is 66.3 Å². The predicted molar refractivity (Wildman–Crippen MR) is 90.5 cm³/mol. The molecule has 0 saturated heterocycles. The molecule has 1 atom stereocenters. The minimum absolute atomic E-state index is 0.142. The first-order valence-electron chi connectivity index (χ1n) is 7.59. The van der Waals surface area contributed by atoms with Crippen LogP contribution in [-0.4, -0.2) is 20.9 Å². The summed E-state index contributed by atoms with van der Waals surface area (Å²) < 4.78 is 0. The molecule has 1 amide bonds. The number of carbonyl (C=O) groups excluding carboxylic acids is 1. The molecule has 2 heterocycles. The van der Waals surface area contributed by atoms with Crippen LogP contribution in [0.1, 0.15) is 30.8 Å². The Balaban J connectivity index is 1.71. The molecule has 3 aromatic rings. The molecule has 0 bridgehead atoms. The summed E-state index contributed by atoms with van der Waals surface area (Å²) in [6.07, 6.45) is 7.44. The molecule has 2 N–H and O–H groups in total. The van der Waals surface area contributed by atoms with E-state index in [-0.39, 0.29) is 11.9 Å². The lowest BCUT2D eigenvalue weighted by Crippen LogP contribution is -2.27. The van der Waals surface area contributed by atoms with Crippen molar-refractivity contribution in [3.8, 4) is 0 Å². The smallest absolute Gasteiger partial charge is 0.244 e. The Morgan fingerprint density at radius 2 is 2.04 bits per heavy atom. The first kappa shape index (κ1) is 15.0. The van der Waals surface area contributed by atoms with Gasteiger partial charge in [-0.05, 0) is 42.3 Å². The monoisotopic (exact) mass is 306 g/mol. The number of rotatable bonds is 5. The van der Waals surface area contributed by atoms with Crippen molar-refractivity contribution in [2.75, 3.05) is 0 Å². The zero-order valence-corrected chi connectivity index (χ0v) is 12.9. The summed E-state index contributed by atoms with van der Waals surface area (Å²) in [5.41, 5.74) is 2.82. The number of hydrogen-bond acceptors (Lipinski definition) is 3. The van der Waals surface area contributed by atoms with Gasteiger partial charge in [0.15, 0.2) is 0 Å². The van der Waals surface area contributed by atoms with Crippen LogP contribution in [0.5, 0.6) is 0 Å². The third-order valence-corrected chi connectivity index (χ3v) is 3.60. The SMILES string of the molecule is CC[C@@H](NC(=O)/C=C/c1ccncc1)c1nc2ccccc2[nH]1. The van der Waals surface area contributed by atoms with E-state index in [2.05, 4.69) is 20.3 Å². The second-order valence-corrected chi connectivity index (χ2v) is 5.22. The van der Waals surface area contributed by atoms with Crippen LogP contribution >= 0.6 is 0 Å². The van der Waals surface area contributed by atoms with Crippen molar-refractivity contribution < 1.29 is 4.79 Å². The predicted octanol–water partition coefficient (Wildman–Crippen LogP) is 3.24. The number of H-pyrrole nitrogens is 1. The van der Waals surface area contributed by atoms with E-state index in [1.165, 1.54) is 6.08 Å². The standard InChI is InChI=1S/C18H18N4O/c1-2-14(18-21-15-5-3-4-6-16(15)22-18)20-17(23)8-7-13-9-11-19-12-10-13/h3-12,14H,2H2,1H3,(H,20,23)(H,21,22)/b8-7+/t14-/m1/s1. The van der Waals surface area contributed by atoms with E-state index in [1.807, 2.05) is 43.3 Å². The topological polar surface area (TPSA) is 70.7 Å². The molecule has 0 fully saturated rings. The fraction of sp³-hybridized carbons (Fsp3) is 0.167. The Hall–Kier alpha value is -2.95. The van der Waals surface area contributed by atoms with Gasteiger partial charge in [-0.1, -0.05) is 19.1 Å². The van der Waals surface area contributed by atoms with E-state index in [0.717, 1.165) is 28.8 Å². The largest absolute Gasteiger partial charge is 0.343 e. The van der Waals surface area contributed by atoms with Crippen LogP contribution in [0.2, 0.25) is 0 Å². The molecule has 5 nitrogen and oxygen atoms in total. The average Bonchev–Trinajstić information content (AvgIpc) is 3.02. The first-order valence-corrected chi connectivity index (χ1v) is 7.59. The maximum absolute atomic E-state index is 12.1. The number of aromatic nitrogens is 3. The Labute approximate surface area is 134 Å². The van der Waals surface area contributed by atoms with Gasteiger partial charge in [0.25, 0.3) is 0 Å². The maximum Gasteiger partial charge on any atom is 0.244 e. The van der Waals surface area contributed by atoms with Crippen LogP contribution in [0.25, 0.3) is 17.1 Å². The number of carbonyl (C=O) groups is 1. The number of benzene rings is 1. The number of fused-ring (bicyclic) bond motifs is 1. The number of hydrogen-bond donors (Lipinski definition) is 2. The highest BCUT2D eigenvalue weighted by atomic mass is 16.1. The van der Waals surface area contributed by atoms with Gasteiger partial charge < -0.3 is 10.3 Å². The van der Waals surface area contributed by atoms with Gasteiger partial charge >= 0.3 is 0 Å². The van der Waals surface area contributed by atoms with E-state index in [9.17, 15) is 4.79 Å². The fourth-order valence-corrected chi connectivity index (χ4v) is 2.37. The molecule has 0 aliphatic heterocycles. The van der Waals surface area contributed by atoms with Crippen LogP contribution in [0.15, 0.2) is 54.9 Å². The second kappa shape index (κ2) is 6.87. The molecule has 0 radical (unpaired) electrons. The number of aromatic amines is 1. The van der Waals surface area contributed by atoms with Crippen molar-refractivity contribution in [2.45, 2.75) is 19.4 Å². The quantitative estimate of drug-likeness (QED) is 0.711. The van der Waals surface area contributed by atoms with Crippen LogP contribution in [-0.2, 0) is 4.79 Å². The molecular formula is C18H18N4O. The second-order valence-electron chi connectivity index (χ2n) is 5.22. The number of nitrogens with one attached hydrogen (secondary N) is 2. The molecule has 5 heteroatoms. The molecule has 3 rings (SSSR count). The number of imidazole rings is 1. The lowest BCUT2D eigenvalue weighted by molar-refractivity contribution is -0.117. The summed E-state index contributed by atoms with van der Waals surface area (Å²) in [4.78, 5) is 23.9. The van der Waals surface area contributed by atoms with Gasteiger partial charge in [0.1, 0.15) is 5.82 Å². The van der Waals surface area contributed by atoms with Crippen molar-refractivity contribution in [3.63, 3.8) is 0 Å². The summed E-state index contributed by atoms with van der Waals surface area (Å²) in [6.45, 7) is 2.02. The van der Waals surface area contributed by atoms with Crippen molar-refractivity contribution >= 4 is 23.0 Å². The number of amides is 1. The van der Waals surface area contributed by atoms with Crippen LogP contribution < -0.4 is 5.32 Å². The van der Waals surface area contributed by atoms with E-state index in [1.54, 1.807) is 18.5 Å². The molecule has 0 aliphatic rings. The zero-order valence-electron chi connectivity index (χ0n) is 12.9. The third-order valence-electron chi connectivity index (χ3n) is 3.60. The van der Waals surface area contributed by atoms with Gasteiger partial charge in [-0.25, -0.2) is 4.98 Å². The van der Waals surface area contributed by atoms with Crippen LogP contribution in [0, 0.1) is 0 Å². The highest BCUT2D eigenvalue weighted by molar-refractivity contribution is 5.92. The first-order chi connectivity index (χ1) is 11.3. The van der Waals surface area contributed by atoms with Crippen molar-refractivity contribution in [1.82, 2.24) is 20.3 Å². The molecular weight excluding hydrogens is 288 g/mol. The number of pyridine rings is 1. The minimum Gasteiger partial charge on any atom is -0.343 e. The molecule has 0 aliphatic carbocycles. The summed E-state index contributed by atoms with van der Waals surface area (Å²) in [6, 6.07) is 11.4. The highest BCUT2D eigenvalue weighted by Gasteiger charge is 2.15. The van der Waals surface area contributed by atoms with E-state index >= 15 is 0 Å². The van der Waals surface area contributed by atoms with Gasteiger partial charge in [-0.3, -0.25) is 9.78 Å². The van der Waals surface area contributed by atoms with Crippen molar-refractivity contribution in [1.29, 1.82) is 0 Å². The van der Waals surface area contributed by atoms with Gasteiger partial charge in [0.2, 0.25) is 5.91 Å². The molecule has 23 heavy (non-hydrogen) atoms. The summed E-state index contributed by atoms with van der Waals surface area (Å²) >= 11 is 0. The molecule has 2 aromatic heterocycles. The average molecular weight is 306 g/mol. The number of nitrogens with zero attached hydrogens (tertiary/aromatic N) is 2. The minimum atomic E-state index is -0.144. The van der Waals surface area contributed by atoms with Gasteiger partial charge in [0.05, 0.1) is 17.1 Å². The Bertz CT molecular complexity index is 790. The van der Waals surface area contributed by atoms with Gasteiger partial charge in [0, 0.05) is 18.5 Å². The highest BCUT2D eigenvalue weighted by Crippen LogP contribution is 2.18.